The van der Waals surface area contributed by atoms with E-state index in [1.165, 1.54) is 33.4 Å². The Morgan fingerprint density at radius 3 is 2.53 bits per heavy atom. The molecule has 2 heterocycles. The van der Waals surface area contributed by atoms with E-state index in [2.05, 4.69) is 106 Å². The maximum absolute atomic E-state index is 3.64. The first-order valence-corrected chi connectivity index (χ1v) is 11.1. The predicted molar refractivity (Wildman–Crippen MR) is 129 cm³/mol. The second kappa shape index (κ2) is 7.70. The molecule has 3 heteroatoms. The number of halogens is 1. The smallest absolute Gasteiger partial charge is 0.132 e. The highest BCUT2D eigenvalue weighted by atomic mass is 79.9. The van der Waals surface area contributed by atoms with Crippen molar-refractivity contribution >= 4 is 32.5 Å². The molecule has 1 aromatic heterocycles. The van der Waals surface area contributed by atoms with Gasteiger partial charge in [0.2, 0.25) is 0 Å². The van der Waals surface area contributed by atoms with Crippen LogP contribution < -0.4 is 4.90 Å². The lowest BCUT2D eigenvalue weighted by atomic mass is 9.96. The zero-order chi connectivity index (χ0) is 20.7. The Balaban J connectivity index is 1.69. The largest absolute Gasteiger partial charge is 0.352 e. The van der Waals surface area contributed by atoms with Crippen LogP contribution in [0.25, 0.3) is 10.9 Å². The molecule has 3 aromatic carbocycles. The van der Waals surface area contributed by atoms with Crippen molar-refractivity contribution < 1.29 is 0 Å². The maximum atomic E-state index is 3.64. The van der Waals surface area contributed by atoms with Gasteiger partial charge in [0.05, 0.1) is 5.69 Å². The van der Waals surface area contributed by atoms with Gasteiger partial charge in [-0.2, -0.15) is 0 Å². The van der Waals surface area contributed by atoms with Gasteiger partial charge in [0.25, 0.3) is 0 Å². The molecule has 30 heavy (non-hydrogen) atoms. The number of nitrogens with zero attached hydrogens (tertiary/aromatic N) is 2. The van der Waals surface area contributed by atoms with E-state index in [0.29, 0.717) is 0 Å². The quantitative estimate of drug-likeness (QED) is 0.302. The average molecular weight is 455 g/mol. The molecule has 0 amide bonds. The van der Waals surface area contributed by atoms with Crippen LogP contribution in [-0.2, 0) is 13.5 Å². The molecular weight excluding hydrogens is 432 g/mol. The van der Waals surface area contributed by atoms with Gasteiger partial charge in [0.15, 0.2) is 0 Å². The summed E-state index contributed by atoms with van der Waals surface area (Å²) < 4.78 is 3.48. The molecule has 0 fully saturated rings. The van der Waals surface area contributed by atoms with Crippen LogP contribution in [0.5, 0.6) is 0 Å². The second-order valence-corrected chi connectivity index (χ2v) is 8.71. The highest BCUT2D eigenvalue weighted by Crippen LogP contribution is 2.39. The van der Waals surface area contributed by atoms with E-state index in [9.17, 15) is 0 Å². The van der Waals surface area contributed by atoms with Crippen molar-refractivity contribution in [3.8, 4) is 11.8 Å². The van der Waals surface area contributed by atoms with Crippen LogP contribution in [-0.4, -0.2) is 11.1 Å². The van der Waals surface area contributed by atoms with Gasteiger partial charge in [-0.15, -0.1) is 0 Å². The first-order chi connectivity index (χ1) is 14.6. The van der Waals surface area contributed by atoms with E-state index in [1.54, 1.807) is 0 Å². The van der Waals surface area contributed by atoms with Crippen molar-refractivity contribution in [3.63, 3.8) is 0 Å². The molecule has 0 spiro atoms. The minimum absolute atomic E-state index is 0.00642. The topological polar surface area (TPSA) is 8.17 Å². The number of anilines is 1. The van der Waals surface area contributed by atoms with Gasteiger partial charge < -0.3 is 9.47 Å². The molecule has 4 aromatic rings. The van der Waals surface area contributed by atoms with E-state index in [0.717, 1.165) is 23.0 Å². The molecular formula is C27H23BrN2. The average Bonchev–Trinajstić information content (AvgIpc) is 3.07. The summed E-state index contributed by atoms with van der Waals surface area (Å²) >= 11 is 3.64. The fraction of sp³-hybridized carbons (Fsp3) is 0.185. The molecule has 1 unspecified atom stereocenters. The number of hydrogen-bond donors (Lipinski definition) is 0. The summed E-state index contributed by atoms with van der Waals surface area (Å²) in [7, 11) is 2.18. The molecule has 5 rings (SSSR count). The van der Waals surface area contributed by atoms with Gasteiger partial charge in [0, 0.05) is 40.2 Å². The lowest BCUT2D eigenvalue weighted by molar-refractivity contribution is 0.642. The Hall–Kier alpha value is -2.96. The van der Waals surface area contributed by atoms with Crippen LogP contribution in [0, 0.1) is 18.8 Å². The summed E-state index contributed by atoms with van der Waals surface area (Å²) in [6.07, 6.45) is 1.02. The number of fused-ring (bicyclic) bond motifs is 3. The summed E-state index contributed by atoms with van der Waals surface area (Å²) in [6, 6.07) is 25.6. The lowest BCUT2D eigenvalue weighted by Crippen LogP contribution is -2.35. The lowest BCUT2D eigenvalue weighted by Gasteiger charge is -2.36. The molecule has 0 N–H and O–H groups in total. The third kappa shape index (κ3) is 3.22. The maximum Gasteiger partial charge on any atom is 0.132 e. The highest BCUT2D eigenvalue weighted by molar-refractivity contribution is 9.10. The minimum atomic E-state index is 0.00642. The molecule has 2 nitrogen and oxygen atoms in total. The van der Waals surface area contributed by atoms with E-state index >= 15 is 0 Å². The summed E-state index contributed by atoms with van der Waals surface area (Å²) in [4.78, 5) is 2.45. The molecule has 0 radical (unpaired) electrons. The number of aromatic nitrogens is 1. The Labute approximate surface area is 186 Å². The molecule has 1 atom stereocenters. The molecule has 0 saturated carbocycles. The van der Waals surface area contributed by atoms with Crippen LogP contribution in [0.2, 0.25) is 0 Å². The second-order valence-electron chi connectivity index (χ2n) is 7.85. The zero-order valence-corrected chi connectivity index (χ0v) is 18.8. The van der Waals surface area contributed by atoms with Crippen molar-refractivity contribution in [2.45, 2.75) is 19.4 Å². The van der Waals surface area contributed by atoms with Crippen molar-refractivity contribution in [2.75, 3.05) is 11.4 Å². The summed E-state index contributed by atoms with van der Waals surface area (Å²) in [5.41, 5.74) is 7.54. The standard InChI is InChI=1S/C27H23BrN2/c1-19-18-21(13-14-24(19)28)30-17-16-23-22-10-6-7-11-25(22)29(2)27(23)26(30)15-12-20-8-4-3-5-9-20/h3-11,13-14,18,26H,16-17H2,1-2H3. The third-order valence-electron chi connectivity index (χ3n) is 6.03. The zero-order valence-electron chi connectivity index (χ0n) is 17.2. The normalized spacial score (nSPS) is 15.6. The van der Waals surface area contributed by atoms with E-state index in [1.807, 2.05) is 18.2 Å². The van der Waals surface area contributed by atoms with E-state index in [-0.39, 0.29) is 6.04 Å². The van der Waals surface area contributed by atoms with Crippen molar-refractivity contribution in [2.24, 2.45) is 7.05 Å². The summed E-state index contributed by atoms with van der Waals surface area (Å²) in [5, 5.41) is 1.35. The van der Waals surface area contributed by atoms with Crippen LogP contribution in [0.4, 0.5) is 5.69 Å². The molecule has 0 aliphatic carbocycles. The van der Waals surface area contributed by atoms with E-state index in [4.69, 9.17) is 0 Å². The van der Waals surface area contributed by atoms with Gasteiger partial charge in [-0.25, -0.2) is 0 Å². The van der Waals surface area contributed by atoms with Crippen molar-refractivity contribution in [3.05, 3.63) is 99.7 Å². The molecule has 0 saturated heterocycles. The van der Waals surface area contributed by atoms with E-state index < -0.39 is 0 Å². The Kier molecular flexibility index (Phi) is 4.89. The Morgan fingerprint density at radius 2 is 1.73 bits per heavy atom. The number of aryl methyl sites for hydroxylation is 2. The first kappa shape index (κ1) is 19.0. The third-order valence-corrected chi connectivity index (χ3v) is 6.92. The molecule has 1 aliphatic heterocycles. The van der Waals surface area contributed by atoms with Crippen LogP contribution in [0.3, 0.4) is 0 Å². The van der Waals surface area contributed by atoms with Gasteiger partial charge in [0.1, 0.15) is 6.04 Å². The van der Waals surface area contributed by atoms with Gasteiger partial charge >= 0.3 is 0 Å². The van der Waals surface area contributed by atoms with Crippen molar-refractivity contribution in [1.29, 1.82) is 0 Å². The number of para-hydroxylation sites is 1. The van der Waals surface area contributed by atoms with Crippen molar-refractivity contribution in [1.82, 2.24) is 4.57 Å². The van der Waals surface area contributed by atoms with Gasteiger partial charge in [-0.3, -0.25) is 0 Å². The Bertz CT molecular complexity index is 1290. The van der Waals surface area contributed by atoms with Crippen LogP contribution in [0.15, 0.2) is 77.3 Å². The first-order valence-electron chi connectivity index (χ1n) is 10.3. The molecule has 148 valence electrons. The molecule has 1 aliphatic rings. The Morgan fingerprint density at radius 1 is 0.967 bits per heavy atom. The number of benzene rings is 3. The fourth-order valence-electron chi connectivity index (χ4n) is 4.52. The molecule has 0 bridgehead atoms. The predicted octanol–water partition coefficient (Wildman–Crippen LogP) is 6.40. The fourth-order valence-corrected chi connectivity index (χ4v) is 4.76. The number of rotatable bonds is 1. The SMILES string of the molecule is Cc1cc(N2CCc3c(n(C)c4ccccc34)C2C#Cc2ccccc2)ccc1Br. The monoisotopic (exact) mass is 454 g/mol. The van der Waals surface area contributed by atoms with Gasteiger partial charge in [-0.1, -0.05) is 64.2 Å². The summed E-state index contributed by atoms with van der Waals surface area (Å²) in [5.74, 6) is 7.06. The van der Waals surface area contributed by atoms with Crippen LogP contribution >= 0.6 is 15.9 Å². The van der Waals surface area contributed by atoms with Gasteiger partial charge in [-0.05, 0) is 60.9 Å². The van der Waals surface area contributed by atoms with Crippen LogP contribution in [0.1, 0.15) is 28.4 Å². The minimum Gasteiger partial charge on any atom is -0.352 e. The highest BCUT2D eigenvalue weighted by Gasteiger charge is 2.31. The summed E-state index contributed by atoms with van der Waals surface area (Å²) in [6.45, 7) is 3.10. The number of hydrogen-bond acceptors (Lipinski definition) is 1.